The molecule has 4 saturated carbocycles. The summed E-state index contributed by atoms with van der Waals surface area (Å²) in [5.74, 6) is 3.29. The molecule has 0 aliphatic heterocycles. The first kappa shape index (κ1) is 30.6. The molecule has 0 unspecified atom stereocenters. The number of hydrogen-bond acceptors (Lipinski definition) is 2. The van der Waals surface area contributed by atoms with Gasteiger partial charge in [0.25, 0.3) is 0 Å². The largest absolute Gasteiger partial charge is 0.456 e. The van der Waals surface area contributed by atoms with Gasteiger partial charge in [0.1, 0.15) is 11.2 Å². The maximum atomic E-state index is 6.29. The molecule has 8 aromatic rings. The second kappa shape index (κ2) is 11.6. The van der Waals surface area contributed by atoms with E-state index in [-0.39, 0.29) is 5.41 Å². The van der Waals surface area contributed by atoms with E-state index in [1.807, 2.05) is 6.07 Å². The molecule has 4 fully saturated rings. The van der Waals surface area contributed by atoms with E-state index in [1.54, 1.807) is 11.1 Å². The first-order valence-corrected chi connectivity index (χ1v) is 19.9. The molecule has 0 saturated heterocycles. The van der Waals surface area contributed by atoms with Crippen molar-refractivity contribution in [1.29, 1.82) is 0 Å². The molecule has 0 amide bonds. The number of hydrogen-bond donors (Lipinski definition) is 0. The first-order chi connectivity index (χ1) is 26.7. The molecule has 4 bridgehead atoms. The minimum absolute atomic E-state index is 0.117. The Bertz CT molecular complexity index is 2710. The van der Waals surface area contributed by atoms with Crippen molar-refractivity contribution in [3.8, 4) is 33.4 Å². The van der Waals surface area contributed by atoms with Crippen LogP contribution in [0.3, 0.4) is 0 Å². The van der Waals surface area contributed by atoms with Gasteiger partial charge in [0.15, 0.2) is 0 Å². The van der Waals surface area contributed by atoms with Gasteiger partial charge in [-0.25, -0.2) is 0 Å². The Labute approximate surface area is 316 Å². The van der Waals surface area contributed by atoms with Crippen molar-refractivity contribution in [3.63, 3.8) is 0 Å². The summed E-state index contributed by atoms with van der Waals surface area (Å²) in [5, 5.41) is 2.32. The van der Waals surface area contributed by atoms with E-state index in [0.717, 1.165) is 56.9 Å². The zero-order valence-corrected chi connectivity index (χ0v) is 30.3. The molecule has 7 aromatic carbocycles. The molecule has 1 spiro atoms. The monoisotopic (exact) mass is 695 g/mol. The molecular weight excluding hydrogens is 655 g/mol. The topological polar surface area (TPSA) is 16.4 Å². The third-order valence-corrected chi connectivity index (χ3v) is 13.8. The molecule has 0 radical (unpaired) electrons. The fourth-order valence-electron chi connectivity index (χ4n) is 12.0. The molecule has 5 aliphatic rings. The highest BCUT2D eigenvalue weighted by molar-refractivity contribution is 6.06. The fourth-order valence-corrected chi connectivity index (χ4v) is 12.0. The van der Waals surface area contributed by atoms with E-state index in [1.165, 1.54) is 71.3 Å². The van der Waals surface area contributed by atoms with Crippen LogP contribution in [0, 0.1) is 23.7 Å². The van der Waals surface area contributed by atoms with Crippen LogP contribution >= 0.6 is 0 Å². The van der Waals surface area contributed by atoms with Gasteiger partial charge in [-0.1, -0.05) is 115 Å². The standard InChI is InChI=1S/C52H41NO/c1-2-10-35(11-3-1)37-12-8-13-42(31-37)53(41-23-20-36(21-24-41)38-22-25-44-43-14-5-7-19-49(43)54-50(44)32-38)48-18-9-17-47-51(48)45-15-4-6-16-46(45)52(47)39-27-33-26-34(29-39)30-40(52)28-33/h1-25,31-34,39-40H,26-30H2. The molecule has 5 aliphatic carbocycles. The first-order valence-electron chi connectivity index (χ1n) is 19.9. The summed E-state index contributed by atoms with van der Waals surface area (Å²) in [6.45, 7) is 0. The van der Waals surface area contributed by atoms with Gasteiger partial charge in [0.2, 0.25) is 0 Å². The molecule has 54 heavy (non-hydrogen) atoms. The summed E-state index contributed by atoms with van der Waals surface area (Å²) in [7, 11) is 0. The van der Waals surface area contributed by atoms with Crippen molar-refractivity contribution in [2.45, 2.75) is 37.5 Å². The third kappa shape index (κ3) is 4.34. The van der Waals surface area contributed by atoms with E-state index in [2.05, 4.69) is 163 Å². The average molecular weight is 696 g/mol. The highest BCUT2D eigenvalue weighted by Gasteiger charge is 2.61. The number of anilines is 3. The molecule has 2 heteroatoms. The summed E-state index contributed by atoms with van der Waals surface area (Å²) < 4.78 is 6.29. The smallest absolute Gasteiger partial charge is 0.136 e. The van der Waals surface area contributed by atoms with E-state index < -0.39 is 0 Å². The zero-order chi connectivity index (χ0) is 35.4. The Kier molecular flexibility index (Phi) is 6.55. The van der Waals surface area contributed by atoms with Crippen LogP contribution in [0.4, 0.5) is 17.1 Å². The van der Waals surface area contributed by atoms with Gasteiger partial charge < -0.3 is 9.32 Å². The minimum Gasteiger partial charge on any atom is -0.456 e. The lowest BCUT2D eigenvalue weighted by atomic mass is 9.43. The summed E-state index contributed by atoms with van der Waals surface area (Å²) >= 11 is 0. The Morgan fingerprint density at radius 1 is 0.444 bits per heavy atom. The molecule has 0 N–H and O–H groups in total. The Morgan fingerprint density at radius 3 is 1.91 bits per heavy atom. The number of nitrogens with zero attached hydrogens (tertiary/aromatic N) is 1. The number of benzene rings is 7. The summed E-state index contributed by atoms with van der Waals surface area (Å²) in [5.41, 5.74) is 16.4. The van der Waals surface area contributed by atoms with Crippen LogP contribution in [0.25, 0.3) is 55.3 Å². The summed E-state index contributed by atoms with van der Waals surface area (Å²) in [6, 6.07) is 60.8. The Balaban J connectivity index is 1.03. The van der Waals surface area contributed by atoms with Gasteiger partial charge in [0.05, 0.1) is 5.69 Å². The highest BCUT2D eigenvalue weighted by Crippen LogP contribution is 2.70. The zero-order valence-electron chi connectivity index (χ0n) is 30.3. The molecule has 1 heterocycles. The predicted octanol–water partition coefficient (Wildman–Crippen LogP) is 14.1. The molecule has 260 valence electrons. The Hall–Kier alpha value is -5.86. The predicted molar refractivity (Wildman–Crippen MR) is 223 cm³/mol. The number of fused-ring (bicyclic) bond motifs is 6. The number of furan rings is 1. The van der Waals surface area contributed by atoms with Gasteiger partial charge in [-0.15, -0.1) is 0 Å². The van der Waals surface area contributed by atoms with Gasteiger partial charge in [-0.05, 0) is 143 Å². The van der Waals surface area contributed by atoms with Crippen molar-refractivity contribution >= 4 is 39.0 Å². The molecule has 2 nitrogen and oxygen atoms in total. The molecular formula is C52H41NO. The van der Waals surface area contributed by atoms with Gasteiger partial charge in [-0.3, -0.25) is 0 Å². The van der Waals surface area contributed by atoms with E-state index in [4.69, 9.17) is 4.42 Å². The van der Waals surface area contributed by atoms with Crippen molar-refractivity contribution in [2.24, 2.45) is 23.7 Å². The highest BCUT2D eigenvalue weighted by atomic mass is 16.3. The molecule has 13 rings (SSSR count). The van der Waals surface area contributed by atoms with Crippen LogP contribution in [0.1, 0.15) is 43.2 Å². The number of para-hydroxylation sites is 1. The second-order valence-electron chi connectivity index (χ2n) is 16.5. The molecule has 0 atom stereocenters. The van der Waals surface area contributed by atoms with E-state index in [9.17, 15) is 0 Å². The lowest BCUT2D eigenvalue weighted by Crippen LogP contribution is -2.55. The van der Waals surface area contributed by atoms with E-state index >= 15 is 0 Å². The van der Waals surface area contributed by atoms with Gasteiger partial charge in [-0.2, -0.15) is 0 Å². The maximum absolute atomic E-state index is 6.29. The van der Waals surface area contributed by atoms with Gasteiger partial charge >= 0.3 is 0 Å². The van der Waals surface area contributed by atoms with Crippen LogP contribution in [0.2, 0.25) is 0 Å². The van der Waals surface area contributed by atoms with Crippen molar-refractivity contribution in [3.05, 3.63) is 175 Å². The lowest BCUT2D eigenvalue weighted by molar-refractivity contribution is -0.0399. The molecule has 1 aromatic heterocycles. The summed E-state index contributed by atoms with van der Waals surface area (Å²) in [6.07, 6.45) is 7.00. The van der Waals surface area contributed by atoms with Crippen LogP contribution in [0.15, 0.2) is 168 Å². The van der Waals surface area contributed by atoms with E-state index in [0.29, 0.717) is 0 Å². The minimum atomic E-state index is 0.117. The van der Waals surface area contributed by atoms with Crippen molar-refractivity contribution in [2.75, 3.05) is 4.90 Å². The lowest BCUT2D eigenvalue weighted by Gasteiger charge is -2.61. The van der Waals surface area contributed by atoms with Crippen LogP contribution in [-0.2, 0) is 5.41 Å². The Morgan fingerprint density at radius 2 is 1.07 bits per heavy atom. The van der Waals surface area contributed by atoms with Crippen LogP contribution < -0.4 is 4.90 Å². The second-order valence-corrected chi connectivity index (χ2v) is 16.5. The van der Waals surface area contributed by atoms with Gasteiger partial charge in [0, 0.05) is 33.1 Å². The van der Waals surface area contributed by atoms with Crippen LogP contribution in [0.5, 0.6) is 0 Å². The average Bonchev–Trinajstić information content (AvgIpc) is 3.74. The van der Waals surface area contributed by atoms with Crippen molar-refractivity contribution < 1.29 is 4.42 Å². The number of rotatable bonds is 5. The van der Waals surface area contributed by atoms with Crippen LogP contribution in [-0.4, -0.2) is 0 Å². The maximum Gasteiger partial charge on any atom is 0.136 e. The van der Waals surface area contributed by atoms with Crippen molar-refractivity contribution in [1.82, 2.24) is 0 Å². The fraction of sp³-hybridized carbons (Fsp3) is 0.192. The summed E-state index contributed by atoms with van der Waals surface area (Å²) in [4.78, 5) is 2.53. The quantitative estimate of drug-likeness (QED) is 0.178. The third-order valence-electron chi connectivity index (χ3n) is 13.8. The SMILES string of the molecule is c1ccc(-c2cccc(N(c3ccc(-c4ccc5c(c4)oc4ccccc45)cc3)c3cccc4c3-c3ccccc3C43C4CC5CC(C4)CC3C5)c2)cc1. The normalized spacial score (nSPS) is 23.3.